The number of ether oxygens (including phenoxy) is 1. The van der Waals surface area contributed by atoms with Crippen molar-refractivity contribution in [3.05, 3.63) is 41.1 Å². The molecule has 4 N–H and O–H groups in total. The van der Waals surface area contributed by atoms with E-state index < -0.39 is 28.1 Å². The molecule has 1 unspecified atom stereocenters. The molecule has 0 fully saturated rings. The molecule has 0 saturated heterocycles. The van der Waals surface area contributed by atoms with Gasteiger partial charge in [-0.2, -0.15) is 0 Å². The van der Waals surface area contributed by atoms with Crippen LogP contribution in [0.4, 0.5) is 4.79 Å². The van der Waals surface area contributed by atoms with Crippen molar-refractivity contribution in [1.82, 2.24) is 10.6 Å². The summed E-state index contributed by atoms with van der Waals surface area (Å²) in [6.45, 7) is 3.47. The molecule has 23 heavy (non-hydrogen) atoms. The van der Waals surface area contributed by atoms with Crippen molar-refractivity contribution >= 4 is 22.0 Å². The molecule has 1 aromatic carbocycles. The Balaban J connectivity index is 2.44. The van der Waals surface area contributed by atoms with Crippen LogP contribution in [0.5, 0.6) is 0 Å². The third-order valence-electron chi connectivity index (χ3n) is 3.31. The number of carbonyl (C=O) groups is 2. The number of sulfonamides is 1. The van der Waals surface area contributed by atoms with Crippen LogP contribution in [0.1, 0.15) is 25.5 Å². The Morgan fingerprint density at radius 3 is 2.43 bits per heavy atom. The number of nitrogens with one attached hydrogen (secondary N) is 2. The molecule has 8 nitrogen and oxygen atoms in total. The number of carbonyl (C=O) groups excluding carboxylic acids is 2. The highest BCUT2D eigenvalue weighted by Crippen LogP contribution is 2.28. The molecular formula is C14H17N3O5S. The van der Waals surface area contributed by atoms with Crippen LogP contribution in [-0.2, 0) is 19.6 Å². The number of esters is 1. The summed E-state index contributed by atoms with van der Waals surface area (Å²) in [5.41, 5.74) is 1.18. The van der Waals surface area contributed by atoms with E-state index in [-0.39, 0.29) is 17.1 Å². The summed E-state index contributed by atoms with van der Waals surface area (Å²) in [7, 11) is -3.81. The van der Waals surface area contributed by atoms with E-state index in [9.17, 15) is 18.0 Å². The molecule has 0 aliphatic carbocycles. The largest absolute Gasteiger partial charge is 0.463 e. The Morgan fingerprint density at radius 2 is 1.91 bits per heavy atom. The fraction of sp³-hybridized carbons (Fsp3) is 0.286. The van der Waals surface area contributed by atoms with Gasteiger partial charge in [-0.15, -0.1) is 0 Å². The highest BCUT2D eigenvalue weighted by molar-refractivity contribution is 7.89. The molecule has 1 aliphatic rings. The Labute approximate surface area is 133 Å². The Morgan fingerprint density at radius 1 is 1.30 bits per heavy atom. The maximum atomic E-state index is 12.1. The molecule has 2 amide bonds. The van der Waals surface area contributed by atoms with Crippen LogP contribution in [-0.4, -0.2) is 27.0 Å². The minimum Gasteiger partial charge on any atom is -0.463 e. The highest BCUT2D eigenvalue weighted by Gasteiger charge is 2.32. The molecule has 1 aliphatic heterocycles. The minimum absolute atomic E-state index is 0.0557. The first-order valence-electron chi connectivity index (χ1n) is 6.82. The molecule has 124 valence electrons. The lowest BCUT2D eigenvalue weighted by atomic mass is 9.96. The third kappa shape index (κ3) is 3.69. The van der Waals surface area contributed by atoms with E-state index in [1.807, 2.05) is 0 Å². The van der Waals surface area contributed by atoms with Gasteiger partial charge in [-0.25, -0.2) is 23.1 Å². The van der Waals surface area contributed by atoms with Gasteiger partial charge in [0.1, 0.15) is 0 Å². The topological polar surface area (TPSA) is 128 Å². The van der Waals surface area contributed by atoms with Crippen molar-refractivity contribution in [3.8, 4) is 0 Å². The standard InChI is InChI=1S/C14H17N3O5S/c1-3-22-13(18)11-8(2)16-14(19)17-12(11)9-4-6-10(7-5-9)23(15,20)21/h4-7,12H,3H2,1-2H3,(H2,15,20,21)(H2,16,17,19). The fourth-order valence-electron chi connectivity index (χ4n) is 2.27. The maximum Gasteiger partial charge on any atom is 0.338 e. The summed E-state index contributed by atoms with van der Waals surface area (Å²) in [5, 5.41) is 10.2. The van der Waals surface area contributed by atoms with Gasteiger partial charge in [-0.3, -0.25) is 0 Å². The Bertz CT molecular complexity index is 768. The van der Waals surface area contributed by atoms with Crippen molar-refractivity contribution in [2.45, 2.75) is 24.8 Å². The number of hydrogen-bond donors (Lipinski definition) is 3. The fourth-order valence-corrected chi connectivity index (χ4v) is 2.79. The van der Waals surface area contributed by atoms with Gasteiger partial charge in [0, 0.05) is 5.70 Å². The van der Waals surface area contributed by atoms with E-state index >= 15 is 0 Å². The van der Waals surface area contributed by atoms with Crippen molar-refractivity contribution < 1.29 is 22.7 Å². The zero-order valence-corrected chi connectivity index (χ0v) is 13.4. The van der Waals surface area contributed by atoms with Crippen LogP contribution in [0, 0.1) is 0 Å². The molecule has 2 rings (SSSR count). The molecule has 1 atom stereocenters. The van der Waals surface area contributed by atoms with Crippen LogP contribution in [0.3, 0.4) is 0 Å². The van der Waals surface area contributed by atoms with Crippen molar-refractivity contribution in [2.75, 3.05) is 6.61 Å². The smallest absolute Gasteiger partial charge is 0.338 e. The van der Waals surface area contributed by atoms with E-state index in [4.69, 9.17) is 9.88 Å². The number of rotatable bonds is 4. The van der Waals surface area contributed by atoms with Gasteiger partial charge in [-0.1, -0.05) is 12.1 Å². The first-order chi connectivity index (χ1) is 10.7. The molecule has 1 aromatic rings. The van der Waals surface area contributed by atoms with Crippen molar-refractivity contribution in [2.24, 2.45) is 5.14 Å². The van der Waals surface area contributed by atoms with Gasteiger partial charge in [0.2, 0.25) is 10.0 Å². The molecule has 9 heteroatoms. The molecule has 0 saturated carbocycles. The first kappa shape index (κ1) is 17.0. The van der Waals surface area contributed by atoms with Gasteiger partial charge in [0.25, 0.3) is 0 Å². The predicted molar refractivity (Wildman–Crippen MR) is 81.6 cm³/mol. The van der Waals surface area contributed by atoms with E-state index in [2.05, 4.69) is 10.6 Å². The van der Waals surface area contributed by atoms with Crippen LogP contribution in [0.15, 0.2) is 40.4 Å². The second-order valence-corrected chi connectivity index (χ2v) is 6.47. The predicted octanol–water partition coefficient (Wildman–Crippen LogP) is 0.525. The molecule has 0 aromatic heterocycles. The molecule has 0 bridgehead atoms. The summed E-state index contributed by atoms with van der Waals surface area (Å²) in [6, 6.07) is 4.41. The van der Waals surface area contributed by atoms with E-state index in [0.29, 0.717) is 11.3 Å². The second kappa shape index (κ2) is 6.39. The molecule has 1 heterocycles. The van der Waals surface area contributed by atoms with Gasteiger partial charge < -0.3 is 15.4 Å². The quantitative estimate of drug-likeness (QED) is 0.689. The van der Waals surface area contributed by atoms with E-state index in [1.54, 1.807) is 13.8 Å². The Hall–Kier alpha value is -2.39. The molecule has 0 spiro atoms. The molecule has 0 radical (unpaired) electrons. The zero-order valence-electron chi connectivity index (χ0n) is 12.6. The number of amides is 2. The minimum atomic E-state index is -3.81. The van der Waals surface area contributed by atoms with E-state index in [0.717, 1.165) is 0 Å². The Kier molecular flexibility index (Phi) is 4.71. The third-order valence-corrected chi connectivity index (χ3v) is 4.24. The van der Waals surface area contributed by atoms with Crippen LogP contribution in [0.25, 0.3) is 0 Å². The van der Waals surface area contributed by atoms with E-state index in [1.165, 1.54) is 24.3 Å². The SMILES string of the molecule is CCOC(=O)C1=C(C)NC(=O)NC1c1ccc(S(N)(=O)=O)cc1. The van der Waals surface area contributed by atoms with Gasteiger partial charge >= 0.3 is 12.0 Å². The highest BCUT2D eigenvalue weighted by atomic mass is 32.2. The summed E-state index contributed by atoms with van der Waals surface area (Å²) in [4.78, 5) is 23.8. The number of hydrogen-bond acceptors (Lipinski definition) is 5. The second-order valence-electron chi connectivity index (χ2n) is 4.90. The van der Waals surface area contributed by atoms with Crippen molar-refractivity contribution in [3.63, 3.8) is 0 Å². The first-order valence-corrected chi connectivity index (χ1v) is 8.37. The van der Waals surface area contributed by atoms with Crippen molar-refractivity contribution in [1.29, 1.82) is 0 Å². The number of benzene rings is 1. The number of primary sulfonamides is 1. The summed E-state index contributed by atoms with van der Waals surface area (Å²) < 4.78 is 27.6. The lowest BCUT2D eigenvalue weighted by Gasteiger charge is -2.28. The average Bonchev–Trinajstić information content (AvgIpc) is 2.45. The zero-order chi connectivity index (χ0) is 17.2. The average molecular weight is 339 g/mol. The summed E-state index contributed by atoms with van der Waals surface area (Å²) in [6.07, 6.45) is 0. The number of nitrogens with two attached hydrogens (primary N) is 1. The lowest BCUT2D eigenvalue weighted by molar-refractivity contribution is -0.139. The summed E-state index contributed by atoms with van der Waals surface area (Å²) >= 11 is 0. The monoisotopic (exact) mass is 339 g/mol. The normalized spacial score (nSPS) is 18.2. The molecular weight excluding hydrogens is 322 g/mol. The van der Waals surface area contributed by atoms with Gasteiger partial charge in [0.05, 0.1) is 23.1 Å². The van der Waals surface area contributed by atoms with Gasteiger partial charge in [-0.05, 0) is 31.5 Å². The van der Waals surface area contributed by atoms with Crippen LogP contribution < -0.4 is 15.8 Å². The number of allylic oxidation sites excluding steroid dienone is 1. The number of urea groups is 1. The summed E-state index contributed by atoms with van der Waals surface area (Å²) in [5.74, 6) is -0.557. The van der Waals surface area contributed by atoms with Crippen LogP contribution in [0.2, 0.25) is 0 Å². The maximum absolute atomic E-state index is 12.1. The van der Waals surface area contributed by atoms with Crippen LogP contribution >= 0.6 is 0 Å². The lowest BCUT2D eigenvalue weighted by Crippen LogP contribution is -2.45. The van der Waals surface area contributed by atoms with Gasteiger partial charge in [0.15, 0.2) is 0 Å².